The van der Waals surface area contributed by atoms with E-state index in [1.807, 2.05) is 67.6 Å². The number of hydrogen-bond donors (Lipinski definition) is 2. The molecule has 0 bridgehead atoms. The highest BCUT2D eigenvalue weighted by Gasteiger charge is 2.19. The van der Waals surface area contributed by atoms with Gasteiger partial charge in [-0.05, 0) is 6.92 Å². The van der Waals surface area contributed by atoms with Gasteiger partial charge in [0.1, 0.15) is 21.1 Å². The summed E-state index contributed by atoms with van der Waals surface area (Å²) in [6, 6.07) is 19.9. The number of aromatic nitrogens is 5. The smallest absolute Gasteiger partial charge is 0.161 e. The summed E-state index contributed by atoms with van der Waals surface area (Å²) in [6.07, 6.45) is 0. The number of anilines is 1. The Morgan fingerprint density at radius 3 is 2.25 bits per heavy atom. The molecule has 32 heavy (non-hydrogen) atoms. The largest absolute Gasteiger partial charge is 0.383 e. The molecule has 0 fully saturated rings. The third kappa shape index (κ3) is 2.88. The minimum atomic E-state index is 0.354. The van der Waals surface area contributed by atoms with Crippen molar-refractivity contribution in [3.05, 3.63) is 71.0 Å². The molecule has 154 valence electrons. The number of thiophene rings is 1. The van der Waals surface area contributed by atoms with Gasteiger partial charge in [0.2, 0.25) is 0 Å². The average molecular weight is 453 g/mol. The van der Waals surface area contributed by atoms with Gasteiger partial charge < -0.3 is 10.7 Å². The van der Waals surface area contributed by atoms with Gasteiger partial charge in [0, 0.05) is 11.1 Å². The van der Waals surface area contributed by atoms with Crippen molar-refractivity contribution in [1.29, 1.82) is 0 Å². The molecule has 0 aliphatic rings. The van der Waals surface area contributed by atoms with Gasteiger partial charge in [-0.2, -0.15) is 0 Å². The van der Waals surface area contributed by atoms with Crippen molar-refractivity contribution >= 4 is 60.7 Å². The SMILES string of the molecule is Cc1nc(-c2ccccc2)nc2sc3c(nc(N)c4c(=S)nc(-c5ccccc5)[nH]c43)c12. The Hall–Kier alpha value is -3.75. The van der Waals surface area contributed by atoms with Crippen molar-refractivity contribution in [2.75, 3.05) is 5.73 Å². The van der Waals surface area contributed by atoms with E-state index in [0.717, 1.165) is 42.8 Å². The molecule has 6 nitrogen and oxygen atoms in total. The van der Waals surface area contributed by atoms with Gasteiger partial charge in [-0.3, -0.25) is 0 Å². The summed E-state index contributed by atoms with van der Waals surface area (Å²) in [5.74, 6) is 1.74. The number of H-pyrrole nitrogens is 1. The molecular formula is C24H16N6S2. The van der Waals surface area contributed by atoms with Crippen LogP contribution in [0.25, 0.3) is 54.1 Å². The summed E-state index contributed by atoms with van der Waals surface area (Å²) in [6.45, 7) is 1.98. The fourth-order valence-electron chi connectivity index (χ4n) is 3.93. The van der Waals surface area contributed by atoms with Crippen molar-refractivity contribution in [2.45, 2.75) is 6.92 Å². The predicted octanol–water partition coefficient (Wildman–Crippen LogP) is 6.07. The first-order valence-corrected chi connectivity index (χ1v) is 11.2. The summed E-state index contributed by atoms with van der Waals surface area (Å²) in [5.41, 5.74) is 10.8. The molecule has 0 atom stereocenters. The molecule has 6 aromatic rings. The maximum Gasteiger partial charge on any atom is 0.161 e. The monoisotopic (exact) mass is 452 g/mol. The number of aromatic amines is 1. The number of pyridine rings is 1. The van der Waals surface area contributed by atoms with Crippen LogP contribution in [0, 0.1) is 11.6 Å². The highest BCUT2D eigenvalue weighted by atomic mass is 32.1. The zero-order chi connectivity index (χ0) is 21.8. The first-order valence-electron chi connectivity index (χ1n) is 10.0. The van der Waals surface area contributed by atoms with Gasteiger partial charge in [0.05, 0.1) is 32.2 Å². The number of nitrogens with zero attached hydrogens (tertiary/aromatic N) is 4. The van der Waals surface area contributed by atoms with E-state index in [4.69, 9.17) is 32.9 Å². The van der Waals surface area contributed by atoms with Gasteiger partial charge in [0.25, 0.3) is 0 Å². The Morgan fingerprint density at radius 2 is 1.53 bits per heavy atom. The van der Waals surface area contributed by atoms with Gasteiger partial charge in [0.15, 0.2) is 5.82 Å². The number of fused-ring (bicyclic) bond motifs is 5. The summed E-state index contributed by atoms with van der Waals surface area (Å²) >= 11 is 7.17. The maximum atomic E-state index is 6.36. The molecule has 8 heteroatoms. The molecule has 2 aromatic carbocycles. The van der Waals surface area contributed by atoms with Crippen molar-refractivity contribution in [3.8, 4) is 22.8 Å². The Kier molecular flexibility index (Phi) is 4.24. The van der Waals surface area contributed by atoms with Gasteiger partial charge in [-0.15, -0.1) is 11.3 Å². The van der Waals surface area contributed by atoms with E-state index in [-0.39, 0.29) is 0 Å². The molecule has 4 aromatic heterocycles. The van der Waals surface area contributed by atoms with E-state index in [1.165, 1.54) is 0 Å². The molecule has 0 unspecified atom stereocenters. The molecule has 6 rings (SSSR count). The van der Waals surface area contributed by atoms with Crippen LogP contribution in [-0.2, 0) is 0 Å². The minimum absolute atomic E-state index is 0.354. The fraction of sp³-hybridized carbons (Fsp3) is 0.0417. The molecule has 0 saturated carbocycles. The van der Waals surface area contributed by atoms with Crippen LogP contribution in [0.1, 0.15) is 5.69 Å². The normalized spacial score (nSPS) is 11.5. The number of rotatable bonds is 2. The number of nitrogens with one attached hydrogen (secondary N) is 1. The summed E-state index contributed by atoms with van der Waals surface area (Å²) < 4.78 is 1.37. The maximum absolute atomic E-state index is 6.36. The second-order valence-corrected chi connectivity index (χ2v) is 8.85. The number of benzene rings is 2. The molecule has 0 saturated heterocycles. The third-order valence-corrected chi connectivity index (χ3v) is 6.81. The number of aryl methyl sites for hydroxylation is 1. The van der Waals surface area contributed by atoms with Crippen LogP contribution >= 0.6 is 23.6 Å². The van der Waals surface area contributed by atoms with E-state index in [1.54, 1.807) is 11.3 Å². The lowest BCUT2D eigenvalue weighted by Gasteiger charge is -2.07. The molecule has 0 amide bonds. The minimum Gasteiger partial charge on any atom is -0.383 e. The molecule has 4 heterocycles. The second-order valence-electron chi connectivity index (χ2n) is 7.46. The molecule has 0 aliphatic carbocycles. The van der Waals surface area contributed by atoms with Crippen molar-refractivity contribution in [1.82, 2.24) is 24.9 Å². The zero-order valence-electron chi connectivity index (χ0n) is 17.0. The molecule has 3 N–H and O–H groups in total. The first-order chi connectivity index (χ1) is 15.6. The summed E-state index contributed by atoms with van der Waals surface area (Å²) in [4.78, 5) is 23.2. The summed E-state index contributed by atoms with van der Waals surface area (Å²) in [7, 11) is 0. The fourth-order valence-corrected chi connectivity index (χ4v) is 5.40. The quantitative estimate of drug-likeness (QED) is 0.310. The van der Waals surface area contributed by atoms with Crippen LogP contribution in [0.5, 0.6) is 0 Å². The van der Waals surface area contributed by atoms with Gasteiger partial charge in [-0.25, -0.2) is 19.9 Å². The number of nitrogen functional groups attached to an aromatic ring is 1. The number of hydrogen-bond acceptors (Lipinski definition) is 7. The van der Waals surface area contributed by atoms with Crippen molar-refractivity contribution in [2.24, 2.45) is 0 Å². The molecule has 0 spiro atoms. The van der Waals surface area contributed by atoms with E-state index < -0.39 is 0 Å². The highest BCUT2D eigenvalue weighted by Crippen LogP contribution is 2.39. The Bertz CT molecular complexity index is 1710. The lowest BCUT2D eigenvalue weighted by Crippen LogP contribution is -1.98. The highest BCUT2D eigenvalue weighted by molar-refractivity contribution is 7.71. The van der Waals surface area contributed by atoms with Crippen LogP contribution in [-0.4, -0.2) is 24.9 Å². The molecule has 0 radical (unpaired) electrons. The Balaban J connectivity index is 1.71. The molecular weight excluding hydrogens is 436 g/mol. The van der Waals surface area contributed by atoms with E-state index in [9.17, 15) is 0 Å². The topological polar surface area (TPSA) is 93.4 Å². The van der Waals surface area contributed by atoms with Crippen LogP contribution in [0.2, 0.25) is 0 Å². The van der Waals surface area contributed by atoms with E-state index in [0.29, 0.717) is 27.5 Å². The van der Waals surface area contributed by atoms with Crippen molar-refractivity contribution < 1.29 is 0 Å². The van der Waals surface area contributed by atoms with Gasteiger partial charge >= 0.3 is 0 Å². The standard InChI is InChI=1S/C24H16N6S2/c1-12-15-17-19(32-24(15)30-21(26-12)13-8-4-2-5-9-13)18-16(20(25)27-17)23(31)29-22(28-18)14-10-6-3-7-11-14/h2-11H,1H3,(H2,25,27)(H,28,29,31). The lowest BCUT2D eigenvalue weighted by atomic mass is 10.1. The average Bonchev–Trinajstić information content (AvgIpc) is 3.19. The predicted molar refractivity (Wildman–Crippen MR) is 133 cm³/mol. The van der Waals surface area contributed by atoms with Gasteiger partial charge in [-0.1, -0.05) is 72.9 Å². The van der Waals surface area contributed by atoms with Crippen LogP contribution in [0.4, 0.5) is 5.82 Å². The third-order valence-electron chi connectivity index (χ3n) is 5.42. The Labute approximate surface area is 191 Å². The zero-order valence-corrected chi connectivity index (χ0v) is 18.6. The van der Waals surface area contributed by atoms with E-state index >= 15 is 0 Å². The summed E-state index contributed by atoms with van der Waals surface area (Å²) in [5, 5.41) is 1.57. The first kappa shape index (κ1) is 19.0. The van der Waals surface area contributed by atoms with Crippen LogP contribution < -0.4 is 5.73 Å². The molecule has 0 aliphatic heterocycles. The Morgan fingerprint density at radius 1 is 0.844 bits per heavy atom. The van der Waals surface area contributed by atoms with Crippen LogP contribution in [0.15, 0.2) is 60.7 Å². The second kappa shape index (κ2) is 7.15. The van der Waals surface area contributed by atoms with E-state index in [2.05, 4.69) is 9.97 Å². The van der Waals surface area contributed by atoms with Crippen LogP contribution in [0.3, 0.4) is 0 Å². The van der Waals surface area contributed by atoms with Crippen molar-refractivity contribution in [3.63, 3.8) is 0 Å². The number of nitrogens with two attached hydrogens (primary N) is 1. The lowest BCUT2D eigenvalue weighted by molar-refractivity contribution is 1.17.